The highest BCUT2D eigenvalue weighted by molar-refractivity contribution is 5.40. The van der Waals surface area contributed by atoms with E-state index in [0.29, 0.717) is 5.92 Å². The van der Waals surface area contributed by atoms with E-state index in [9.17, 15) is 0 Å². The summed E-state index contributed by atoms with van der Waals surface area (Å²) in [4.78, 5) is 0. The van der Waals surface area contributed by atoms with Crippen LogP contribution in [0, 0.1) is 0 Å². The second kappa shape index (κ2) is 6.31. The minimum absolute atomic E-state index is 0.461. The highest BCUT2D eigenvalue weighted by Crippen LogP contribution is 2.30. The molecule has 1 N–H and O–H groups in total. The van der Waals surface area contributed by atoms with Crippen molar-refractivity contribution in [2.45, 2.75) is 45.2 Å². The van der Waals surface area contributed by atoms with E-state index in [-0.39, 0.29) is 0 Å². The van der Waals surface area contributed by atoms with Crippen molar-refractivity contribution in [3.8, 4) is 11.5 Å². The van der Waals surface area contributed by atoms with Gasteiger partial charge in [0.1, 0.15) is 11.5 Å². The first-order valence-electron chi connectivity index (χ1n) is 7.81. The summed E-state index contributed by atoms with van der Waals surface area (Å²) >= 11 is 0. The second-order valence-electron chi connectivity index (χ2n) is 6.09. The molecule has 0 aromatic heterocycles. The largest absolute Gasteiger partial charge is 0.457 e. The van der Waals surface area contributed by atoms with Crippen molar-refractivity contribution < 1.29 is 4.74 Å². The summed E-state index contributed by atoms with van der Waals surface area (Å²) in [6.07, 6.45) is 2.65. The van der Waals surface area contributed by atoms with E-state index in [4.69, 9.17) is 4.74 Å². The predicted octanol–water partition coefficient (Wildman–Crippen LogP) is 4.85. The van der Waals surface area contributed by atoms with Crippen molar-refractivity contribution in [1.82, 2.24) is 5.32 Å². The van der Waals surface area contributed by atoms with Gasteiger partial charge in [-0.15, -0.1) is 0 Å². The lowest BCUT2D eigenvalue weighted by Crippen LogP contribution is -2.14. The van der Waals surface area contributed by atoms with Crippen molar-refractivity contribution in [2.24, 2.45) is 0 Å². The first-order chi connectivity index (χ1) is 10.2. The second-order valence-corrected chi connectivity index (χ2v) is 6.09. The van der Waals surface area contributed by atoms with Crippen LogP contribution in [0.3, 0.4) is 0 Å². The zero-order valence-corrected chi connectivity index (χ0v) is 12.8. The van der Waals surface area contributed by atoms with Crippen LogP contribution in [0.15, 0.2) is 48.5 Å². The Hall–Kier alpha value is -1.80. The molecule has 0 saturated heterocycles. The molecule has 0 radical (unpaired) electrons. The van der Waals surface area contributed by atoms with Gasteiger partial charge in [-0.1, -0.05) is 44.2 Å². The zero-order chi connectivity index (χ0) is 14.7. The molecule has 1 saturated carbocycles. The maximum atomic E-state index is 6.04. The lowest BCUT2D eigenvalue weighted by atomic mass is 10.0. The fourth-order valence-corrected chi connectivity index (χ4v) is 2.40. The van der Waals surface area contributed by atoms with Crippen LogP contribution in [-0.4, -0.2) is 6.04 Å². The fourth-order valence-electron chi connectivity index (χ4n) is 2.40. The van der Waals surface area contributed by atoms with E-state index in [2.05, 4.69) is 55.6 Å². The van der Waals surface area contributed by atoms with Gasteiger partial charge in [-0.2, -0.15) is 0 Å². The summed E-state index contributed by atoms with van der Waals surface area (Å²) in [6.45, 7) is 5.33. The molecule has 3 rings (SSSR count). The molecule has 0 atom stereocenters. The van der Waals surface area contributed by atoms with Crippen LogP contribution < -0.4 is 10.1 Å². The van der Waals surface area contributed by atoms with Gasteiger partial charge in [0.2, 0.25) is 0 Å². The van der Waals surface area contributed by atoms with Crippen molar-refractivity contribution in [2.75, 3.05) is 0 Å². The summed E-state index contributed by atoms with van der Waals surface area (Å²) in [5.74, 6) is 2.32. The van der Waals surface area contributed by atoms with Gasteiger partial charge < -0.3 is 10.1 Å². The van der Waals surface area contributed by atoms with Crippen molar-refractivity contribution in [3.05, 3.63) is 59.7 Å². The Morgan fingerprint density at radius 2 is 1.76 bits per heavy atom. The van der Waals surface area contributed by atoms with Crippen LogP contribution in [0.1, 0.15) is 43.7 Å². The summed E-state index contributed by atoms with van der Waals surface area (Å²) < 4.78 is 6.04. The number of para-hydroxylation sites is 1. The molecule has 2 heteroatoms. The van der Waals surface area contributed by atoms with Crippen LogP contribution in [0.4, 0.5) is 0 Å². The Bertz CT molecular complexity index is 585. The third-order valence-corrected chi connectivity index (χ3v) is 3.86. The van der Waals surface area contributed by atoms with E-state index in [1.165, 1.54) is 24.0 Å². The van der Waals surface area contributed by atoms with Gasteiger partial charge in [-0.25, -0.2) is 0 Å². The van der Waals surface area contributed by atoms with Crippen LogP contribution in [0.25, 0.3) is 0 Å². The number of ether oxygens (including phenoxy) is 1. The third-order valence-electron chi connectivity index (χ3n) is 3.86. The van der Waals surface area contributed by atoms with Gasteiger partial charge in [0.15, 0.2) is 0 Å². The molecule has 2 aromatic carbocycles. The first-order valence-corrected chi connectivity index (χ1v) is 7.81. The van der Waals surface area contributed by atoms with Crippen LogP contribution in [-0.2, 0) is 6.54 Å². The fraction of sp³-hybridized carbons (Fsp3) is 0.368. The summed E-state index contributed by atoms with van der Waals surface area (Å²) in [5, 5.41) is 3.53. The van der Waals surface area contributed by atoms with Crippen LogP contribution >= 0.6 is 0 Å². The molecule has 0 heterocycles. The molecule has 1 aliphatic carbocycles. The van der Waals surface area contributed by atoms with Crippen molar-refractivity contribution >= 4 is 0 Å². The highest BCUT2D eigenvalue weighted by atomic mass is 16.5. The standard InChI is InChI=1S/C19H23NO/c1-14(2)18-5-3-4-6-19(18)21-17-11-7-15(8-12-17)13-20-16-9-10-16/h3-8,11-12,14,16,20H,9-10,13H2,1-2H3. The Morgan fingerprint density at radius 1 is 1.05 bits per heavy atom. The smallest absolute Gasteiger partial charge is 0.130 e. The topological polar surface area (TPSA) is 21.3 Å². The van der Waals surface area contributed by atoms with E-state index >= 15 is 0 Å². The molecule has 0 bridgehead atoms. The average molecular weight is 281 g/mol. The average Bonchev–Trinajstić information content (AvgIpc) is 3.31. The van der Waals surface area contributed by atoms with E-state index in [0.717, 1.165) is 24.1 Å². The lowest BCUT2D eigenvalue weighted by molar-refractivity contribution is 0.473. The van der Waals surface area contributed by atoms with Gasteiger partial charge in [-0.3, -0.25) is 0 Å². The molecule has 1 aliphatic rings. The van der Waals surface area contributed by atoms with Gasteiger partial charge in [0.25, 0.3) is 0 Å². The molecular formula is C19H23NO. The molecular weight excluding hydrogens is 258 g/mol. The summed E-state index contributed by atoms with van der Waals surface area (Å²) in [5.41, 5.74) is 2.56. The number of hydrogen-bond donors (Lipinski definition) is 1. The molecule has 2 aromatic rings. The monoisotopic (exact) mass is 281 g/mol. The SMILES string of the molecule is CC(C)c1ccccc1Oc1ccc(CNC2CC2)cc1. The number of rotatable bonds is 6. The van der Waals surface area contributed by atoms with Gasteiger partial charge in [0.05, 0.1) is 0 Å². The molecule has 110 valence electrons. The summed E-state index contributed by atoms with van der Waals surface area (Å²) in [6, 6.07) is 17.4. The Balaban J connectivity index is 1.67. The number of nitrogens with one attached hydrogen (secondary N) is 1. The lowest BCUT2D eigenvalue weighted by Gasteiger charge is -2.13. The van der Waals surface area contributed by atoms with E-state index < -0.39 is 0 Å². The predicted molar refractivity (Wildman–Crippen MR) is 86.9 cm³/mol. The van der Waals surface area contributed by atoms with E-state index in [1.807, 2.05) is 12.1 Å². The van der Waals surface area contributed by atoms with E-state index in [1.54, 1.807) is 0 Å². The molecule has 0 spiro atoms. The van der Waals surface area contributed by atoms with Crippen LogP contribution in [0.5, 0.6) is 11.5 Å². The molecule has 2 nitrogen and oxygen atoms in total. The maximum absolute atomic E-state index is 6.04. The highest BCUT2D eigenvalue weighted by Gasteiger charge is 2.19. The van der Waals surface area contributed by atoms with Gasteiger partial charge in [0, 0.05) is 12.6 Å². The van der Waals surface area contributed by atoms with Gasteiger partial charge >= 0.3 is 0 Å². The quantitative estimate of drug-likeness (QED) is 0.817. The van der Waals surface area contributed by atoms with Crippen molar-refractivity contribution in [1.29, 1.82) is 0 Å². The first kappa shape index (κ1) is 14.2. The normalized spacial score (nSPS) is 14.4. The molecule has 1 fully saturated rings. The third kappa shape index (κ3) is 3.85. The number of benzene rings is 2. The molecule has 0 unspecified atom stereocenters. The Kier molecular flexibility index (Phi) is 4.26. The maximum Gasteiger partial charge on any atom is 0.130 e. The van der Waals surface area contributed by atoms with Crippen LogP contribution in [0.2, 0.25) is 0 Å². The summed E-state index contributed by atoms with van der Waals surface area (Å²) in [7, 11) is 0. The minimum Gasteiger partial charge on any atom is -0.457 e. The molecule has 0 aliphatic heterocycles. The Labute approximate surface area is 127 Å². The molecule has 21 heavy (non-hydrogen) atoms. The zero-order valence-electron chi connectivity index (χ0n) is 12.8. The van der Waals surface area contributed by atoms with Crippen molar-refractivity contribution in [3.63, 3.8) is 0 Å². The minimum atomic E-state index is 0.461. The molecule has 0 amide bonds. The van der Waals surface area contributed by atoms with Gasteiger partial charge in [-0.05, 0) is 48.1 Å². The number of hydrogen-bond acceptors (Lipinski definition) is 2. The Morgan fingerprint density at radius 3 is 2.43 bits per heavy atom.